The molecule has 0 aliphatic carbocycles. The molecule has 0 heterocycles. The predicted molar refractivity (Wildman–Crippen MR) is 74.7 cm³/mol. The van der Waals surface area contributed by atoms with Gasteiger partial charge in [0.2, 0.25) is 0 Å². The van der Waals surface area contributed by atoms with Gasteiger partial charge in [-0.05, 0) is 29.8 Å². The van der Waals surface area contributed by atoms with Crippen molar-refractivity contribution in [2.75, 3.05) is 5.88 Å². The molecule has 0 bridgehead atoms. The molecule has 0 unspecified atom stereocenters. The number of benzene rings is 2. The minimum atomic E-state index is -0.699. The highest BCUT2D eigenvalue weighted by atomic mass is 35.5. The van der Waals surface area contributed by atoms with Crippen LogP contribution in [-0.2, 0) is 6.61 Å². The van der Waals surface area contributed by atoms with Gasteiger partial charge in [-0.2, -0.15) is 0 Å². The maximum Gasteiger partial charge on any atom is 0.138 e. The number of hydrogen-bond acceptors (Lipinski definition) is 1. The maximum absolute atomic E-state index is 13.2. The molecule has 21 heavy (non-hydrogen) atoms. The molecule has 2 aromatic carbocycles. The Balaban J connectivity index is 2.20. The largest absolute Gasteiger partial charge is 0.487 e. The SMILES string of the molecule is Fc1cc(F)cc(COc2cc(F)ccc2C#CCCl)c1. The Bertz CT molecular complexity index is 684. The quantitative estimate of drug-likeness (QED) is 0.607. The molecule has 0 aliphatic rings. The Morgan fingerprint density at radius 2 is 1.67 bits per heavy atom. The number of hydrogen-bond donors (Lipinski definition) is 0. The van der Waals surface area contributed by atoms with Crippen molar-refractivity contribution >= 4 is 11.6 Å². The number of halogens is 4. The van der Waals surface area contributed by atoms with Gasteiger partial charge < -0.3 is 4.74 Å². The van der Waals surface area contributed by atoms with E-state index in [4.69, 9.17) is 16.3 Å². The summed E-state index contributed by atoms with van der Waals surface area (Å²) >= 11 is 5.47. The standard InChI is InChI=1S/C16H10ClF3O/c17-5-1-2-12-3-4-13(18)9-16(12)21-10-11-6-14(19)8-15(20)7-11/h3-4,6-9H,5,10H2. The van der Waals surface area contributed by atoms with Gasteiger partial charge in [0.25, 0.3) is 0 Å². The number of ether oxygens (including phenoxy) is 1. The molecule has 108 valence electrons. The summed E-state index contributed by atoms with van der Waals surface area (Å²) < 4.78 is 44.8. The van der Waals surface area contributed by atoms with Crippen LogP contribution in [-0.4, -0.2) is 5.88 Å². The number of alkyl halides is 1. The van der Waals surface area contributed by atoms with Crippen LogP contribution in [0, 0.1) is 29.3 Å². The van der Waals surface area contributed by atoms with Crippen molar-refractivity contribution in [2.24, 2.45) is 0 Å². The van der Waals surface area contributed by atoms with E-state index in [0.717, 1.165) is 24.3 Å². The van der Waals surface area contributed by atoms with Crippen LogP contribution in [0.1, 0.15) is 11.1 Å². The van der Waals surface area contributed by atoms with Gasteiger partial charge in [-0.25, -0.2) is 13.2 Å². The maximum atomic E-state index is 13.2. The zero-order valence-electron chi connectivity index (χ0n) is 10.8. The van der Waals surface area contributed by atoms with Gasteiger partial charge in [0.1, 0.15) is 29.8 Å². The lowest BCUT2D eigenvalue weighted by molar-refractivity contribution is 0.302. The summed E-state index contributed by atoms with van der Waals surface area (Å²) in [6.07, 6.45) is 0. The third-order valence-electron chi connectivity index (χ3n) is 2.55. The fourth-order valence-electron chi connectivity index (χ4n) is 1.70. The minimum Gasteiger partial charge on any atom is -0.487 e. The van der Waals surface area contributed by atoms with Crippen molar-refractivity contribution in [3.8, 4) is 17.6 Å². The van der Waals surface area contributed by atoms with Crippen molar-refractivity contribution in [1.29, 1.82) is 0 Å². The molecule has 2 aromatic rings. The highest BCUT2D eigenvalue weighted by molar-refractivity contribution is 6.19. The zero-order valence-corrected chi connectivity index (χ0v) is 11.6. The van der Waals surface area contributed by atoms with Crippen molar-refractivity contribution in [3.05, 3.63) is 65.0 Å². The zero-order chi connectivity index (χ0) is 15.2. The Labute approximate surface area is 125 Å². The minimum absolute atomic E-state index is 0.103. The summed E-state index contributed by atoms with van der Waals surface area (Å²) in [5, 5.41) is 0. The first-order chi connectivity index (χ1) is 10.1. The molecule has 0 amide bonds. The van der Waals surface area contributed by atoms with E-state index < -0.39 is 17.5 Å². The van der Waals surface area contributed by atoms with Gasteiger partial charge in [-0.3, -0.25) is 0 Å². The molecule has 5 heteroatoms. The summed E-state index contributed by atoms with van der Waals surface area (Å²) in [5.74, 6) is 3.79. The molecule has 0 aromatic heterocycles. The lowest BCUT2D eigenvalue weighted by Gasteiger charge is -2.09. The van der Waals surface area contributed by atoms with Crippen LogP contribution in [0.15, 0.2) is 36.4 Å². The Kier molecular flexibility index (Phi) is 5.13. The molecule has 0 spiro atoms. The molecule has 0 aliphatic heterocycles. The van der Waals surface area contributed by atoms with Gasteiger partial charge >= 0.3 is 0 Å². The summed E-state index contributed by atoms with van der Waals surface area (Å²) in [6, 6.07) is 6.92. The van der Waals surface area contributed by atoms with Crippen molar-refractivity contribution in [3.63, 3.8) is 0 Å². The Morgan fingerprint density at radius 1 is 0.952 bits per heavy atom. The third-order valence-corrected chi connectivity index (χ3v) is 2.68. The Hall–Kier alpha value is -2.12. The molecular formula is C16H10ClF3O. The summed E-state index contributed by atoms with van der Waals surface area (Å²) in [4.78, 5) is 0. The second-order valence-electron chi connectivity index (χ2n) is 4.14. The summed E-state index contributed by atoms with van der Waals surface area (Å²) in [6.45, 7) is -0.103. The first kappa shape index (κ1) is 15.3. The molecule has 0 atom stereocenters. The second kappa shape index (κ2) is 7.05. The topological polar surface area (TPSA) is 9.23 Å². The van der Waals surface area contributed by atoms with Gasteiger partial charge in [-0.15, -0.1) is 11.6 Å². The molecule has 2 rings (SSSR count). The van der Waals surface area contributed by atoms with Crippen LogP contribution in [0.5, 0.6) is 5.75 Å². The second-order valence-corrected chi connectivity index (χ2v) is 4.41. The predicted octanol–water partition coefficient (Wildman–Crippen LogP) is 4.27. The molecule has 1 nitrogen and oxygen atoms in total. The fraction of sp³-hybridized carbons (Fsp3) is 0.125. The van der Waals surface area contributed by atoms with Crippen LogP contribution in [0.4, 0.5) is 13.2 Å². The van der Waals surface area contributed by atoms with Crippen LogP contribution in [0.25, 0.3) is 0 Å². The van der Waals surface area contributed by atoms with E-state index in [-0.39, 0.29) is 18.2 Å². The van der Waals surface area contributed by atoms with Crippen LogP contribution < -0.4 is 4.74 Å². The molecule has 0 saturated heterocycles. The first-order valence-electron chi connectivity index (χ1n) is 6.00. The molecule has 0 N–H and O–H groups in total. The van der Waals surface area contributed by atoms with E-state index in [2.05, 4.69) is 11.8 Å². The first-order valence-corrected chi connectivity index (χ1v) is 6.54. The smallest absolute Gasteiger partial charge is 0.138 e. The fourth-order valence-corrected chi connectivity index (χ4v) is 1.77. The van der Waals surface area contributed by atoms with E-state index in [0.29, 0.717) is 11.1 Å². The van der Waals surface area contributed by atoms with Gasteiger partial charge in [0, 0.05) is 12.1 Å². The third kappa shape index (κ3) is 4.44. The molecule has 0 saturated carbocycles. The van der Waals surface area contributed by atoms with Crippen LogP contribution in [0.2, 0.25) is 0 Å². The monoisotopic (exact) mass is 310 g/mol. The molecule has 0 fully saturated rings. The van der Waals surface area contributed by atoms with Crippen molar-refractivity contribution < 1.29 is 17.9 Å². The van der Waals surface area contributed by atoms with E-state index >= 15 is 0 Å². The van der Waals surface area contributed by atoms with Crippen LogP contribution in [0.3, 0.4) is 0 Å². The average molecular weight is 311 g/mol. The van der Waals surface area contributed by atoms with Crippen molar-refractivity contribution in [1.82, 2.24) is 0 Å². The highest BCUT2D eigenvalue weighted by Crippen LogP contribution is 2.21. The number of rotatable bonds is 3. The lowest BCUT2D eigenvalue weighted by atomic mass is 10.2. The summed E-state index contributed by atoms with van der Waals surface area (Å²) in [7, 11) is 0. The van der Waals surface area contributed by atoms with Gasteiger partial charge in [-0.1, -0.05) is 11.8 Å². The van der Waals surface area contributed by atoms with E-state index in [1.807, 2.05) is 0 Å². The van der Waals surface area contributed by atoms with Gasteiger partial charge in [0.15, 0.2) is 0 Å². The summed E-state index contributed by atoms with van der Waals surface area (Å²) in [5.41, 5.74) is 0.752. The van der Waals surface area contributed by atoms with E-state index in [1.54, 1.807) is 0 Å². The highest BCUT2D eigenvalue weighted by Gasteiger charge is 2.06. The van der Waals surface area contributed by atoms with Crippen molar-refractivity contribution in [2.45, 2.75) is 6.61 Å². The molecule has 0 radical (unpaired) electrons. The van der Waals surface area contributed by atoms with E-state index in [9.17, 15) is 13.2 Å². The van der Waals surface area contributed by atoms with Crippen LogP contribution >= 0.6 is 11.6 Å². The lowest BCUT2D eigenvalue weighted by Crippen LogP contribution is -1.99. The Morgan fingerprint density at radius 3 is 2.33 bits per heavy atom. The van der Waals surface area contributed by atoms with Gasteiger partial charge in [0.05, 0.1) is 11.4 Å². The molecular weight excluding hydrogens is 301 g/mol. The van der Waals surface area contributed by atoms with E-state index in [1.165, 1.54) is 12.1 Å². The normalized spacial score (nSPS) is 9.90. The average Bonchev–Trinajstić information content (AvgIpc) is 2.43.